The molecule has 3 N–H and O–H groups in total. The van der Waals surface area contributed by atoms with Crippen molar-refractivity contribution < 1.29 is 14.4 Å². The smallest absolute Gasteiger partial charge is 0.231 e. The maximum Gasteiger partial charge on any atom is 0.231 e. The molecule has 0 aliphatic carbocycles. The predicted molar refractivity (Wildman–Crippen MR) is 98.5 cm³/mol. The summed E-state index contributed by atoms with van der Waals surface area (Å²) in [5, 5.41) is 11.5. The Kier molecular flexibility index (Phi) is 4.39. The second-order valence-electron chi connectivity index (χ2n) is 7.00. The van der Waals surface area contributed by atoms with Crippen molar-refractivity contribution in [1.82, 2.24) is 15.2 Å². The SMILES string of the molecule is CCC(=O)c1ccc2[nH]cc(C(=O)CC3(C)CC(=O)N(C)C(=N)N3)c2c1. The number of carbonyl (C=O) groups excluding carboxylic acids is 3. The molecule has 1 amide bonds. The number of carbonyl (C=O) groups is 3. The normalized spacial score (nSPS) is 20.3. The molecular formula is C19H22N4O3. The number of fused-ring (bicyclic) bond motifs is 1. The third-order valence-electron chi connectivity index (χ3n) is 4.85. The maximum atomic E-state index is 12.9. The molecule has 1 unspecified atom stereocenters. The van der Waals surface area contributed by atoms with Gasteiger partial charge < -0.3 is 10.3 Å². The molecule has 0 saturated carbocycles. The zero-order valence-corrected chi connectivity index (χ0v) is 15.1. The van der Waals surface area contributed by atoms with E-state index in [0.717, 1.165) is 5.52 Å². The van der Waals surface area contributed by atoms with E-state index in [-0.39, 0.29) is 36.3 Å². The third-order valence-corrected chi connectivity index (χ3v) is 4.85. The molecule has 2 aromatic rings. The van der Waals surface area contributed by atoms with Crippen LogP contribution in [0.4, 0.5) is 0 Å². The predicted octanol–water partition coefficient (Wildman–Crippen LogP) is 2.48. The minimum Gasteiger partial charge on any atom is -0.360 e. The lowest BCUT2D eigenvalue weighted by Crippen LogP contribution is -2.60. The van der Waals surface area contributed by atoms with Gasteiger partial charge in [0.15, 0.2) is 17.5 Å². The Morgan fingerprint density at radius 3 is 2.69 bits per heavy atom. The molecule has 1 fully saturated rings. The lowest BCUT2D eigenvalue weighted by Gasteiger charge is -2.38. The van der Waals surface area contributed by atoms with E-state index in [0.29, 0.717) is 22.9 Å². The van der Waals surface area contributed by atoms with E-state index < -0.39 is 5.54 Å². The van der Waals surface area contributed by atoms with Gasteiger partial charge in [-0.3, -0.25) is 24.7 Å². The molecule has 1 saturated heterocycles. The van der Waals surface area contributed by atoms with Gasteiger partial charge in [0.05, 0.1) is 12.0 Å². The Balaban J connectivity index is 1.89. The Hall–Kier alpha value is -2.96. The quantitative estimate of drug-likeness (QED) is 0.717. The summed E-state index contributed by atoms with van der Waals surface area (Å²) in [7, 11) is 1.53. The molecule has 1 atom stereocenters. The number of hydrogen-bond donors (Lipinski definition) is 3. The highest BCUT2D eigenvalue weighted by Crippen LogP contribution is 2.27. The number of rotatable bonds is 5. The van der Waals surface area contributed by atoms with Crippen LogP contribution in [0.1, 0.15) is 53.8 Å². The number of Topliss-reactive ketones (excluding diaryl/α,β-unsaturated/α-hetero) is 2. The first-order valence-electron chi connectivity index (χ1n) is 8.55. The number of nitrogens with zero attached hydrogens (tertiary/aromatic N) is 1. The van der Waals surface area contributed by atoms with Crippen LogP contribution >= 0.6 is 0 Å². The first kappa shape index (κ1) is 17.8. The van der Waals surface area contributed by atoms with E-state index in [9.17, 15) is 14.4 Å². The molecule has 0 spiro atoms. The lowest BCUT2D eigenvalue weighted by atomic mass is 9.87. The Labute approximate surface area is 151 Å². The minimum atomic E-state index is -0.807. The fourth-order valence-corrected chi connectivity index (χ4v) is 3.28. The minimum absolute atomic E-state index is 0.00805. The lowest BCUT2D eigenvalue weighted by molar-refractivity contribution is -0.129. The molecule has 1 aromatic heterocycles. The first-order chi connectivity index (χ1) is 12.2. The van der Waals surface area contributed by atoms with Crippen LogP contribution in [0.15, 0.2) is 24.4 Å². The Morgan fingerprint density at radius 1 is 1.31 bits per heavy atom. The number of nitrogens with one attached hydrogen (secondary N) is 3. The number of aromatic nitrogens is 1. The number of hydrogen-bond acceptors (Lipinski definition) is 4. The van der Waals surface area contributed by atoms with Crippen molar-refractivity contribution in [1.29, 1.82) is 5.41 Å². The van der Waals surface area contributed by atoms with Gasteiger partial charge in [-0.15, -0.1) is 0 Å². The molecule has 7 heteroatoms. The van der Waals surface area contributed by atoms with Gasteiger partial charge in [-0.2, -0.15) is 0 Å². The summed E-state index contributed by atoms with van der Waals surface area (Å²) in [4.78, 5) is 41.2. The highest BCUT2D eigenvalue weighted by Gasteiger charge is 2.38. The van der Waals surface area contributed by atoms with Gasteiger partial charge in [-0.05, 0) is 25.1 Å². The molecule has 1 aliphatic rings. The van der Waals surface area contributed by atoms with Crippen molar-refractivity contribution in [3.63, 3.8) is 0 Å². The fraction of sp³-hybridized carbons (Fsp3) is 0.368. The zero-order valence-electron chi connectivity index (χ0n) is 15.1. The summed E-state index contributed by atoms with van der Waals surface area (Å²) in [6.07, 6.45) is 2.25. The van der Waals surface area contributed by atoms with Gasteiger partial charge in [0.25, 0.3) is 0 Å². The number of benzene rings is 1. The van der Waals surface area contributed by atoms with Gasteiger partial charge in [0, 0.05) is 48.1 Å². The average molecular weight is 354 g/mol. The van der Waals surface area contributed by atoms with Crippen molar-refractivity contribution in [3.8, 4) is 0 Å². The number of H-pyrrole nitrogens is 1. The van der Waals surface area contributed by atoms with E-state index in [1.54, 1.807) is 38.2 Å². The van der Waals surface area contributed by atoms with E-state index in [4.69, 9.17) is 5.41 Å². The molecule has 1 aromatic carbocycles. The largest absolute Gasteiger partial charge is 0.360 e. The van der Waals surface area contributed by atoms with Gasteiger partial charge in [0.1, 0.15) is 0 Å². The average Bonchev–Trinajstić information content (AvgIpc) is 3.01. The number of amides is 1. The highest BCUT2D eigenvalue weighted by molar-refractivity contribution is 6.11. The molecule has 26 heavy (non-hydrogen) atoms. The Bertz CT molecular complexity index is 910. The van der Waals surface area contributed by atoms with Gasteiger partial charge >= 0.3 is 0 Å². The van der Waals surface area contributed by atoms with Crippen LogP contribution in [-0.2, 0) is 4.79 Å². The van der Waals surface area contributed by atoms with E-state index in [1.807, 2.05) is 0 Å². The molecule has 3 rings (SSSR count). The molecule has 0 radical (unpaired) electrons. The van der Waals surface area contributed by atoms with Crippen molar-refractivity contribution in [2.75, 3.05) is 7.05 Å². The third kappa shape index (κ3) is 3.12. The van der Waals surface area contributed by atoms with Crippen molar-refractivity contribution >= 4 is 34.3 Å². The maximum absolute atomic E-state index is 12.9. The number of ketones is 2. The van der Waals surface area contributed by atoms with Crippen molar-refractivity contribution in [2.24, 2.45) is 0 Å². The van der Waals surface area contributed by atoms with Gasteiger partial charge in [-0.25, -0.2) is 0 Å². The fourth-order valence-electron chi connectivity index (χ4n) is 3.28. The highest BCUT2D eigenvalue weighted by atomic mass is 16.2. The van der Waals surface area contributed by atoms with Gasteiger partial charge in [-0.1, -0.05) is 6.92 Å². The molecule has 1 aliphatic heterocycles. The summed E-state index contributed by atoms with van der Waals surface area (Å²) in [6.45, 7) is 3.57. The van der Waals surface area contributed by atoms with Crippen molar-refractivity contribution in [3.05, 3.63) is 35.5 Å². The van der Waals surface area contributed by atoms with E-state index in [1.165, 1.54) is 11.9 Å². The Morgan fingerprint density at radius 2 is 2.04 bits per heavy atom. The molecule has 2 heterocycles. The van der Waals surface area contributed by atoms with Crippen LogP contribution < -0.4 is 5.32 Å². The van der Waals surface area contributed by atoms with E-state index >= 15 is 0 Å². The number of guanidine groups is 1. The molecule has 0 bridgehead atoms. The van der Waals surface area contributed by atoms with Crippen LogP contribution in [0.5, 0.6) is 0 Å². The van der Waals surface area contributed by atoms with Gasteiger partial charge in [0.2, 0.25) is 5.91 Å². The van der Waals surface area contributed by atoms with Crippen LogP contribution in [0.2, 0.25) is 0 Å². The molecule has 7 nitrogen and oxygen atoms in total. The van der Waals surface area contributed by atoms with Crippen LogP contribution in [0.3, 0.4) is 0 Å². The standard InChI is InChI=1S/C19H22N4O3/c1-4-15(24)11-5-6-14-12(7-11)13(10-21-14)16(25)8-19(2)9-17(26)23(3)18(20)22-19/h5-7,10,21H,4,8-9H2,1-3H3,(H2,20,22). The van der Waals surface area contributed by atoms with Crippen LogP contribution in [0.25, 0.3) is 10.9 Å². The van der Waals surface area contributed by atoms with Crippen LogP contribution in [-0.4, -0.2) is 45.9 Å². The first-order valence-corrected chi connectivity index (χ1v) is 8.55. The summed E-state index contributed by atoms with van der Waals surface area (Å²) in [6, 6.07) is 5.28. The summed E-state index contributed by atoms with van der Waals surface area (Å²) >= 11 is 0. The number of aromatic amines is 1. The zero-order chi connectivity index (χ0) is 19.1. The molecular weight excluding hydrogens is 332 g/mol. The second-order valence-corrected chi connectivity index (χ2v) is 7.00. The topological polar surface area (TPSA) is 106 Å². The molecule has 136 valence electrons. The van der Waals surface area contributed by atoms with Crippen LogP contribution in [0, 0.1) is 5.41 Å². The monoisotopic (exact) mass is 354 g/mol. The summed E-state index contributed by atoms with van der Waals surface area (Å²) < 4.78 is 0. The summed E-state index contributed by atoms with van der Waals surface area (Å²) in [5.74, 6) is -0.322. The van der Waals surface area contributed by atoms with Crippen molar-refractivity contribution in [2.45, 2.75) is 38.6 Å². The summed E-state index contributed by atoms with van der Waals surface area (Å²) in [5.41, 5.74) is 1.05. The second kappa shape index (κ2) is 6.40. The van der Waals surface area contributed by atoms with E-state index in [2.05, 4.69) is 10.3 Å².